The molecule has 2 amide bonds. The van der Waals surface area contributed by atoms with Gasteiger partial charge >= 0.3 is 18.4 Å². The van der Waals surface area contributed by atoms with Crippen LogP contribution in [0.15, 0.2) is 66.7 Å². The minimum Gasteiger partial charge on any atom is -0.447 e. The topological polar surface area (TPSA) is 46.6 Å². The van der Waals surface area contributed by atoms with Crippen LogP contribution in [0.1, 0.15) is 16.7 Å². The van der Waals surface area contributed by atoms with Gasteiger partial charge in [0.25, 0.3) is 0 Å². The predicted molar refractivity (Wildman–Crippen MR) is 114 cm³/mol. The van der Waals surface area contributed by atoms with Gasteiger partial charge in [0, 0.05) is 0 Å². The van der Waals surface area contributed by atoms with Gasteiger partial charge in [-0.05, 0) is 58.1 Å². The Balaban J connectivity index is 1.73. The van der Waals surface area contributed by atoms with Crippen LogP contribution in [0.3, 0.4) is 0 Å². The molecule has 0 N–H and O–H groups in total. The van der Waals surface area contributed by atoms with E-state index in [0.717, 1.165) is 29.2 Å². The molecular weight excluding hydrogens is 476 g/mol. The molecule has 4 nitrogen and oxygen atoms in total. The number of nitrogens with zero attached hydrogens (tertiary/aromatic N) is 1. The number of hydrogen-bond acceptors (Lipinski definition) is 3. The van der Waals surface area contributed by atoms with E-state index in [4.69, 9.17) is 4.74 Å². The Morgan fingerprint density at radius 2 is 1.20 bits per heavy atom. The van der Waals surface area contributed by atoms with Gasteiger partial charge in [0.1, 0.15) is 6.61 Å². The van der Waals surface area contributed by atoms with E-state index in [0.29, 0.717) is 27.8 Å². The van der Waals surface area contributed by atoms with Crippen molar-refractivity contribution >= 4 is 12.0 Å². The van der Waals surface area contributed by atoms with Crippen LogP contribution in [-0.2, 0) is 28.3 Å². The highest BCUT2D eigenvalue weighted by Gasteiger charge is 2.31. The molecule has 1 aliphatic rings. The van der Waals surface area contributed by atoms with Crippen LogP contribution in [0.5, 0.6) is 0 Å². The molecule has 0 atom stereocenters. The molecule has 0 aliphatic carbocycles. The van der Waals surface area contributed by atoms with Gasteiger partial charge in [0.15, 0.2) is 0 Å². The minimum atomic E-state index is -4.51. The summed E-state index contributed by atoms with van der Waals surface area (Å²) in [6.45, 7) is 0.176. The number of amides is 2. The van der Waals surface area contributed by atoms with Gasteiger partial charge in [-0.25, -0.2) is 9.69 Å². The minimum absolute atomic E-state index is 0.0764. The second kappa shape index (κ2) is 9.09. The molecule has 0 bridgehead atoms. The van der Waals surface area contributed by atoms with Crippen molar-refractivity contribution in [2.24, 2.45) is 0 Å². The maximum atomic E-state index is 13.0. The van der Waals surface area contributed by atoms with Crippen molar-refractivity contribution in [1.82, 2.24) is 4.90 Å². The number of rotatable bonds is 4. The van der Waals surface area contributed by atoms with Crippen LogP contribution >= 0.6 is 0 Å². The van der Waals surface area contributed by atoms with E-state index in [1.54, 1.807) is 18.2 Å². The molecule has 3 aromatic carbocycles. The Hall–Kier alpha value is -3.82. The zero-order chi connectivity index (χ0) is 25.4. The van der Waals surface area contributed by atoms with Crippen LogP contribution in [0.4, 0.5) is 31.1 Å². The Labute approximate surface area is 195 Å². The SMILES string of the molecule is O=C(Cc1cc(-c2ccc(C(F)(F)F)cc2)cc(-c2ccc(C(F)(F)F)cc2)c1)N1CCOC1=O. The van der Waals surface area contributed by atoms with E-state index in [1.807, 2.05) is 0 Å². The second-order valence-corrected chi connectivity index (χ2v) is 7.91. The summed E-state index contributed by atoms with van der Waals surface area (Å²) in [7, 11) is 0. The molecule has 0 aromatic heterocycles. The molecule has 4 rings (SSSR count). The van der Waals surface area contributed by atoms with E-state index < -0.39 is 35.5 Å². The molecule has 1 heterocycles. The van der Waals surface area contributed by atoms with E-state index in [-0.39, 0.29) is 19.6 Å². The first-order valence-corrected chi connectivity index (χ1v) is 10.4. The van der Waals surface area contributed by atoms with Crippen molar-refractivity contribution in [3.63, 3.8) is 0 Å². The molecule has 0 saturated carbocycles. The average Bonchev–Trinajstić information content (AvgIpc) is 3.24. The number of cyclic esters (lactones) is 1. The molecule has 182 valence electrons. The Bertz CT molecular complexity index is 1170. The van der Waals surface area contributed by atoms with Crippen molar-refractivity contribution in [3.8, 4) is 22.3 Å². The zero-order valence-electron chi connectivity index (χ0n) is 17.9. The third-order valence-corrected chi connectivity index (χ3v) is 5.50. The molecular formula is C25H17F6NO3. The van der Waals surface area contributed by atoms with Gasteiger partial charge < -0.3 is 4.74 Å². The van der Waals surface area contributed by atoms with Crippen molar-refractivity contribution in [2.45, 2.75) is 18.8 Å². The third kappa shape index (κ3) is 5.47. The highest BCUT2D eigenvalue weighted by Crippen LogP contribution is 2.35. The number of ether oxygens (including phenoxy) is 1. The lowest BCUT2D eigenvalue weighted by molar-refractivity contribution is -0.138. The maximum absolute atomic E-state index is 13.0. The van der Waals surface area contributed by atoms with Crippen LogP contribution in [-0.4, -0.2) is 30.1 Å². The van der Waals surface area contributed by atoms with Crippen molar-refractivity contribution < 1.29 is 40.7 Å². The monoisotopic (exact) mass is 493 g/mol. The smallest absolute Gasteiger partial charge is 0.416 e. The van der Waals surface area contributed by atoms with E-state index in [2.05, 4.69) is 0 Å². The fourth-order valence-electron chi connectivity index (χ4n) is 3.72. The third-order valence-electron chi connectivity index (χ3n) is 5.50. The van der Waals surface area contributed by atoms with Crippen molar-refractivity contribution in [2.75, 3.05) is 13.2 Å². The summed E-state index contributed by atoms with van der Waals surface area (Å²) >= 11 is 0. The largest absolute Gasteiger partial charge is 0.447 e. The summed E-state index contributed by atoms with van der Waals surface area (Å²) in [4.78, 5) is 25.3. The first-order valence-electron chi connectivity index (χ1n) is 10.4. The highest BCUT2D eigenvalue weighted by atomic mass is 19.4. The standard InChI is InChI=1S/C25H17F6NO3/c26-24(27,28)20-5-1-16(2-6-20)18-11-15(13-22(33)32-9-10-35-23(32)34)12-19(14-18)17-3-7-21(8-4-17)25(29,30)31/h1-8,11-12,14H,9-10,13H2. The number of carbonyl (C=O) groups excluding carboxylic acids is 2. The molecule has 1 aliphatic heterocycles. The summed E-state index contributed by atoms with van der Waals surface area (Å²) in [5, 5.41) is 0. The van der Waals surface area contributed by atoms with Crippen LogP contribution in [0.2, 0.25) is 0 Å². The zero-order valence-corrected chi connectivity index (χ0v) is 17.9. The van der Waals surface area contributed by atoms with Gasteiger partial charge in [-0.15, -0.1) is 0 Å². The Morgan fingerprint density at radius 1 is 0.743 bits per heavy atom. The summed E-state index contributed by atoms with van der Waals surface area (Å²) < 4.78 is 82.5. The summed E-state index contributed by atoms with van der Waals surface area (Å²) in [6.07, 6.45) is -10.0. The number of halogens is 6. The van der Waals surface area contributed by atoms with Crippen LogP contribution in [0.25, 0.3) is 22.3 Å². The fraction of sp³-hybridized carbons (Fsp3) is 0.200. The van der Waals surface area contributed by atoms with Crippen molar-refractivity contribution in [1.29, 1.82) is 0 Å². The van der Waals surface area contributed by atoms with Crippen LogP contribution < -0.4 is 0 Å². The van der Waals surface area contributed by atoms with Crippen LogP contribution in [0, 0.1) is 0 Å². The number of carbonyl (C=O) groups is 2. The summed E-state index contributed by atoms with van der Waals surface area (Å²) in [5.74, 6) is -0.532. The lowest BCUT2D eigenvalue weighted by Crippen LogP contribution is -2.32. The number of imide groups is 1. The average molecular weight is 493 g/mol. The highest BCUT2D eigenvalue weighted by molar-refractivity contribution is 5.94. The molecule has 1 fully saturated rings. The summed E-state index contributed by atoms with van der Waals surface area (Å²) in [6, 6.07) is 13.6. The van der Waals surface area contributed by atoms with Gasteiger partial charge in [0.2, 0.25) is 5.91 Å². The lowest BCUT2D eigenvalue weighted by Gasteiger charge is -2.14. The Kier molecular flexibility index (Phi) is 6.31. The molecule has 10 heteroatoms. The normalized spacial score (nSPS) is 14.2. The fourth-order valence-corrected chi connectivity index (χ4v) is 3.72. The number of alkyl halides is 6. The van der Waals surface area contributed by atoms with E-state index in [1.165, 1.54) is 24.3 Å². The molecule has 35 heavy (non-hydrogen) atoms. The van der Waals surface area contributed by atoms with E-state index >= 15 is 0 Å². The van der Waals surface area contributed by atoms with Gasteiger partial charge in [0.05, 0.1) is 24.1 Å². The van der Waals surface area contributed by atoms with Crippen molar-refractivity contribution in [3.05, 3.63) is 83.4 Å². The van der Waals surface area contributed by atoms with Gasteiger partial charge in [-0.3, -0.25) is 4.79 Å². The first-order chi connectivity index (χ1) is 16.4. The first kappa shape index (κ1) is 24.3. The molecule has 0 radical (unpaired) electrons. The molecule has 3 aromatic rings. The van der Waals surface area contributed by atoms with Gasteiger partial charge in [-0.2, -0.15) is 26.3 Å². The van der Waals surface area contributed by atoms with E-state index in [9.17, 15) is 35.9 Å². The quantitative estimate of drug-likeness (QED) is 0.386. The number of benzene rings is 3. The number of hydrogen-bond donors (Lipinski definition) is 0. The van der Waals surface area contributed by atoms with Gasteiger partial charge in [-0.1, -0.05) is 36.4 Å². The molecule has 1 saturated heterocycles. The Morgan fingerprint density at radius 3 is 1.57 bits per heavy atom. The molecule has 0 unspecified atom stereocenters. The lowest BCUT2D eigenvalue weighted by atomic mass is 9.94. The summed E-state index contributed by atoms with van der Waals surface area (Å²) in [5.41, 5.74) is 0.529. The maximum Gasteiger partial charge on any atom is 0.416 e. The predicted octanol–water partition coefficient (Wildman–Crippen LogP) is 6.58. The second-order valence-electron chi connectivity index (χ2n) is 7.91. The molecule has 0 spiro atoms.